The molecule has 1 fully saturated rings. The van der Waals surface area contributed by atoms with Gasteiger partial charge < -0.3 is 20.6 Å². The van der Waals surface area contributed by atoms with Gasteiger partial charge in [0.15, 0.2) is 0 Å². The number of rotatable bonds is 7. The van der Waals surface area contributed by atoms with E-state index in [1.165, 1.54) is 0 Å². The van der Waals surface area contributed by atoms with E-state index in [0.717, 1.165) is 31.5 Å². The summed E-state index contributed by atoms with van der Waals surface area (Å²) in [5, 5.41) is 15.6. The molecule has 1 aliphatic heterocycles. The number of phenols is 1. The molecule has 0 aliphatic carbocycles. The minimum Gasteiger partial charge on any atom is -0.506 e. The molecule has 3 N–H and O–H groups in total. The Hall–Kier alpha value is -2.86. The standard InChI is InChI=1S/C23H29N3O3/c1-17(18-7-3-2-4-8-18)24-22(28)13-16-26-14-11-19(12-15-26)23(29)25-20-9-5-6-10-21(20)27/h2-10,17,19,27H,11-16H2,1H3,(H,24,28)(H,25,29)/t17-/m0/s1. The van der Waals surface area contributed by atoms with Gasteiger partial charge in [0.1, 0.15) is 5.75 Å². The van der Waals surface area contributed by atoms with Crippen LogP contribution in [-0.2, 0) is 9.59 Å². The molecular formula is C23H29N3O3. The van der Waals surface area contributed by atoms with Crippen LogP contribution in [0.1, 0.15) is 37.8 Å². The van der Waals surface area contributed by atoms with Gasteiger partial charge in [-0.25, -0.2) is 0 Å². The lowest BCUT2D eigenvalue weighted by molar-refractivity contribution is -0.123. The Bertz CT molecular complexity index is 817. The van der Waals surface area contributed by atoms with Crippen LogP contribution >= 0.6 is 0 Å². The van der Waals surface area contributed by atoms with Crippen molar-refractivity contribution in [3.05, 3.63) is 60.2 Å². The first-order valence-electron chi connectivity index (χ1n) is 10.2. The quantitative estimate of drug-likeness (QED) is 0.628. The van der Waals surface area contributed by atoms with Crippen molar-refractivity contribution >= 4 is 17.5 Å². The van der Waals surface area contributed by atoms with Crippen molar-refractivity contribution in [3.8, 4) is 5.75 Å². The summed E-state index contributed by atoms with van der Waals surface area (Å²) in [4.78, 5) is 26.9. The summed E-state index contributed by atoms with van der Waals surface area (Å²) in [6, 6.07) is 16.7. The monoisotopic (exact) mass is 395 g/mol. The summed E-state index contributed by atoms with van der Waals surface area (Å²) in [5.41, 5.74) is 1.54. The number of aromatic hydroxyl groups is 1. The number of likely N-dealkylation sites (tertiary alicyclic amines) is 1. The first kappa shape index (κ1) is 20.9. The highest BCUT2D eigenvalue weighted by atomic mass is 16.3. The lowest BCUT2D eigenvalue weighted by atomic mass is 9.95. The number of anilines is 1. The lowest BCUT2D eigenvalue weighted by Crippen LogP contribution is -2.40. The van der Waals surface area contributed by atoms with Crippen LogP contribution in [0.15, 0.2) is 54.6 Å². The second-order valence-corrected chi connectivity index (χ2v) is 7.57. The second kappa shape index (κ2) is 10.1. The fourth-order valence-corrected chi connectivity index (χ4v) is 3.63. The van der Waals surface area contributed by atoms with Gasteiger partial charge in [-0.15, -0.1) is 0 Å². The third-order valence-corrected chi connectivity index (χ3v) is 5.45. The third-order valence-electron chi connectivity index (χ3n) is 5.45. The Morgan fingerprint density at radius 1 is 1.07 bits per heavy atom. The van der Waals surface area contributed by atoms with Crippen LogP contribution in [0.2, 0.25) is 0 Å². The molecule has 0 spiro atoms. The number of nitrogens with zero attached hydrogens (tertiary/aromatic N) is 1. The zero-order valence-corrected chi connectivity index (χ0v) is 16.8. The van der Waals surface area contributed by atoms with Crippen molar-refractivity contribution in [2.45, 2.75) is 32.2 Å². The van der Waals surface area contributed by atoms with Gasteiger partial charge in [0, 0.05) is 18.9 Å². The lowest BCUT2D eigenvalue weighted by Gasteiger charge is -2.31. The molecule has 2 aromatic rings. The summed E-state index contributed by atoms with van der Waals surface area (Å²) < 4.78 is 0. The summed E-state index contributed by atoms with van der Waals surface area (Å²) in [5.74, 6) is -0.00633. The van der Waals surface area contributed by atoms with Gasteiger partial charge >= 0.3 is 0 Å². The molecule has 2 amide bonds. The topological polar surface area (TPSA) is 81.7 Å². The first-order valence-corrected chi connectivity index (χ1v) is 10.2. The molecule has 1 atom stereocenters. The van der Waals surface area contributed by atoms with Crippen LogP contribution in [0.5, 0.6) is 5.75 Å². The number of phenolic OH excluding ortho intramolecular Hbond substituents is 1. The van der Waals surface area contributed by atoms with Gasteiger partial charge in [0.05, 0.1) is 11.7 Å². The molecule has 0 unspecified atom stereocenters. The predicted octanol–water partition coefficient (Wildman–Crippen LogP) is 3.31. The van der Waals surface area contributed by atoms with E-state index in [-0.39, 0.29) is 29.5 Å². The van der Waals surface area contributed by atoms with Crippen molar-refractivity contribution in [2.24, 2.45) is 5.92 Å². The molecule has 2 aromatic carbocycles. The van der Waals surface area contributed by atoms with Crippen LogP contribution in [0.25, 0.3) is 0 Å². The number of piperidine rings is 1. The molecule has 6 nitrogen and oxygen atoms in total. The van der Waals surface area contributed by atoms with Crippen LogP contribution < -0.4 is 10.6 Å². The predicted molar refractivity (Wildman–Crippen MR) is 114 cm³/mol. The third kappa shape index (κ3) is 6.06. The van der Waals surface area contributed by atoms with Gasteiger partial charge in [0.2, 0.25) is 11.8 Å². The largest absolute Gasteiger partial charge is 0.506 e. The van der Waals surface area contributed by atoms with Gasteiger partial charge in [0.25, 0.3) is 0 Å². The molecule has 0 saturated carbocycles. The Morgan fingerprint density at radius 3 is 2.41 bits per heavy atom. The van der Waals surface area contributed by atoms with Crippen molar-refractivity contribution in [2.75, 3.05) is 25.0 Å². The molecule has 0 radical (unpaired) electrons. The van der Waals surface area contributed by atoms with E-state index in [0.29, 0.717) is 18.7 Å². The highest BCUT2D eigenvalue weighted by Gasteiger charge is 2.25. The summed E-state index contributed by atoms with van der Waals surface area (Å²) in [6.07, 6.45) is 1.95. The number of carbonyl (C=O) groups is 2. The highest BCUT2D eigenvalue weighted by Crippen LogP contribution is 2.24. The first-order chi connectivity index (χ1) is 14.0. The average molecular weight is 396 g/mol. The Morgan fingerprint density at radius 2 is 1.72 bits per heavy atom. The van der Waals surface area contributed by atoms with E-state index in [4.69, 9.17) is 0 Å². The highest BCUT2D eigenvalue weighted by molar-refractivity contribution is 5.93. The summed E-state index contributed by atoms with van der Waals surface area (Å²) in [6.45, 7) is 4.27. The number of para-hydroxylation sites is 2. The second-order valence-electron chi connectivity index (χ2n) is 7.57. The minimum atomic E-state index is -0.0715. The van der Waals surface area contributed by atoms with Gasteiger partial charge in [-0.2, -0.15) is 0 Å². The Labute approximate surface area is 171 Å². The van der Waals surface area contributed by atoms with Crippen molar-refractivity contribution in [1.29, 1.82) is 0 Å². The van der Waals surface area contributed by atoms with Crippen LogP contribution in [0.4, 0.5) is 5.69 Å². The van der Waals surface area contributed by atoms with Gasteiger partial charge in [-0.1, -0.05) is 42.5 Å². The van der Waals surface area contributed by atoms with Gasteiger partial charge in [-0.3, -0.25) is 9.59 Å². The zero-order chi connectivity index (χ0) is 20.6. The van der Waals surface area contributed by atoms with E-state index >= 15 is 0 Å². The molecule has 6 heteroatoms. The van der Waals surface area contributed by atoms with E-state index < -0.39 is 0 Å². The molecule has 0 aromatic heterocycles. The van der Waals surface area contributed by atoms with Crippen LogP contribution in [-0.4, -0.2) is 41.5 Å². The van der Waals surface area contributed by atoms with Crippen molar-refractivity contribution in [1.82, 2.24) is 10.2 Å². The summed E-state index contributed by atoms with van der Waals surface area (Å²) >= 11 is 0. The number of nitrogens with one attached hydrogen (secondary N) is 2. The van der Waals surface area contributed by atoms with Gasteiger partial charge in [-0.05, 0) is 50.6 Å². The number of carbonyl (C=O) groups excluding carboxylic acids is 2. The van der Waals surface area contributed by atoms with Crippen LogP contribution in [0.3, 0.4) is 0 Å². The van der Waals surface area contributed by atoms with Crippen LogP contribution in [0, 0.1) is 5.92 Å². The minimum absolute atomic E-state index is 0.00691. The fourth-order valence-electron chi connectivity index (χ4n) is 3.63. The van der Waals surface area contributed by atoms with E-state index in [9.17, 15) is 14.7 Å². The number of amides is 2. The van der Waals surface area contributed by atoms with Crippen molar-refractivity contribution in [3.63, 3.8) is 0 Å². The smallest absolute Gasteiger partial charge is 0.227 e. The van der Waals surface area contributed by atoms with Crippen molar-refractivity contribution < 1.29 is 14.7 Å². The molecular weight excluding hydrogens is 366 g/mol. The summed E-state index contributed by atoms with van der Waals surface area (Å²) in [7, 11) is 0. The van der Waals surface area contributed by atoms with E-state index in [1.54, 1.807) is 24.3 Å². The molecule has 154 valence electrons. The number of hydrogen-bond acceptors (Lipinski definition) is 4. The van der Waals surface area contributed by atoms with E-state index in [2.05, 4.69) is 15.5 Å². The molecule has 1 saturated heterocycles. The fraction of sp³-hybridized carbons (Fsp3) is 0.391. The SMILES string of the molecule is C[C@H](NC(=O)CCN1CCC(C(=O)Nc2ccccc2O)CC1)c1ccccc1. The Kier molecular flexibility index (Phi) is 7.25. The maximum atomic E-state index is 12.4. The normalized spacial score (nSPS) is 16.2. The number of hydrogen-bond donors (Lipinski definition) is 3. The molecule has 29 heavy (non-hydrogen) atoms. The maximum Gasteiger partial charge on any atom is 0.227 e. The Balaban J connectivity index is 1.38. The molecule has 3 rings (SSSR count). The molecule has 1 heterocycles. The molecule has 1 aliphatic rings. The zero-order valence-electron chi connectivity index (χ0n) is 16.8. The molecule has 0 bridgehead atoms. The maximum absolute atomic E-state index is 12.4. The average Bonchev–Trinajstić information content (AvgIpc) is 2.75. The number of benzene rings is 2. The van der Waals surface area contributed by atoms with E-state index in [1.807, 2.05) is 37.3 Å².